The molecule has 1 amide bonds. The quantitative estimate of drug-likeness (QED) is 0.553. The van der Waals surface area contributed by atoms with E-state index in [4.69, 9.17) is 10.5 Å². The molecule has 0 bridgehead atoms. The number of nitrogens with two attached hydrogens (primary N) is 1. The summed E-state index contributed by atoms with van der Waals surface area (Å²) >= 11 is 0. The number of hydrogen-bond donors (Lipinski definition) is 2. The van der Waals surface area contributed by atoms with Crippen molar-refractivity contribution in [2.24, 2.45) is 22.6 Å². The van der Waals surface area contributed by atoms with Crippen LogP contribution in [0, 0.1) is 11.8 Å². The van der Waals surface area contributed by atoms with Gasteiger partial charge in [0.2, 0.25) is 5.91 Å². The van der Waals surface area contributed by atoms with Crippen LogP contribution in [0.25, 0.3) is 0 Å². The van der Waals surface area contributed by atoms with Crippen LogP contribution in [0.4, 0.5) is 5.82 Å². The first kappa shape index (κ1) is 20.4. The number of amides is 1. The highest BCUT2D eigenvalue weighted by molar-refractivity contribution is 5.80. The molecule has 2 fully saturated rings. The number of aromatic nitrogens is 1. The van der Waals surface area contributed by atoms with E-state index in [1.807, 2.05) is 6.07 Å². The van der Waals surface area contributed by atoms with Crippen LogP contribution in [0.1, 0.15) is 24.8 Å². The van der Waals surface area contributed by atoms with Crippen molar-refractivity contribution >= 4 is 17.7 Å². The molecule has 0 aromatic carbocycles. The molecule has 2 saturated heterocycles. The van der Waals surface area contributed by atoms with E-state index in [-0.39, 0.29) is 11.8 Å². The smallest absolute Gasteiger partial charge is 0.222 e. The molecule has 2 unspecified atom stereocenters. The minimum absolute atomic E-state index is 0.107. The number of carbonyl (C=O) groups is 1. The van der Waals surface area contributed by atoms with Crippen LogP contribution in [0.2, 0.25) is 0 Å². The fourth-order valence-corrected chi connectivity index (χ4v) is 4.01. The fraction of sp³-hybridized carbons (Fsp3) is 0.650. The van der Waals surface area contributed by atoms with Crippen molar-refractivity contribution in [3.05, 3.63) is 23.9 Å². The van der Waals surface area contributed by atoms with Crippen molar-refractivity contribution < 1.29 is 9.53 Å². The first-order chi connectivity index (χ1) is 13.6. The second-order valence-electron chi connectivity index (χ2n) is 7.68. The van der Waals surface area contributed by atoms with Gasteiger partial charge in [0, 0.05) is 64.6 Å². The van der Waals surface area contributed by atoms with Crippen LogP contribution in [0.3, 0.4) is 0 Å². The number of piperidine rings is 1. The number of carbonyl (C=O) groups excluding carboxylic acids is 1. The van der Waals surface area contributed by atoms with Crippen molar-refractivity contribution in [2.75, 3.05) is 51.8 Å². The van der Waals surface area contributed by atoms with Crippen molar-refractivity contribution in [3.8, 4) is 0 Å². The second kappa shape index (κ2) is 9.73. The van der Waals surface area contributed by atoms with Gasteiger partial charge in [-0.3, -0.25) is 9.79 Å². The third kappa shape index (κ3) is 5.13. The average Bonchev–Trinajstić information content (AvgIpc) is 3.22. The number of primary amides is 1. The lowest BCUT2D eigenvalue weighted by atomic mass is 9.97. The Morgan fingerprint density at radius 3 is 3.07 bits per heavy atom. The van der Waals surface area contributed by atoms with Gasteiger partial charge in [-0.25, -0.2) is 4.98 Å². The Kier molecular flexibility index (Phi) is 7.08. The summed E-state index contributed by atoms with van der Waals surface area (Å²) in [6.07, 6.45) is 4.71. The van der Waals surface area contributed by atoms with E-state index in [1.54, 1.807) is 13.2 Å². The minimum Gasteiger partial charge on any atom is -0.381 e. The topological polar surface area (TPSA) is 96.1 Å². The Hall–Kier alpha value is -2.35. The van der Waals surface area contributed by atoms with E-state index in [9.17, 15) is 4.79 Å². The van der Waals surface area contributed by atoms with Crippen molar-refractivity contribution in [2.45, 2.75) is 25.8 Å². The van der Waals surface area contributed by atoms with Gasteiger partial charge in [0.25, 0.3) is 0 Å². The van der Waals surface area contributed by atoms with Gasteiger partial charge in [-0.1, -0.05) is 6.07 Å². The summed E-state index contributed by atoms with van der Waals surface area (Å²) in [5.74, 6) is 2.00. The molecule has 1 aromatic rings. The number of nitrogens with zero attached hydrogens (tertiary/aromatic N) is 4. The third-order valence-corrected chi connectivity index (χ3v) is 5.56. The minimum atomic E-state index is -0.224. The first-order valence-corrected chi connectivity index (χ1v) is 10.1. The number of nitrogens with one attached hydrogen (secondary N) is 1. The van der Waals surface area contributed by atoms with Gasteiger partial charge in [0.15, 0.2) is 5.96 Å². The van der Waals surface area contributed by atoms with E-state index >= 15 is 0 Å². The SMILES string of the molecule is CN=C(NCc1cccnc1N1CCCC(C(N)=O)C1)N(C)CC1CCOC1. The Balaban J connectivity index is 1.63. The molecule has 0 spiro atoms. The normalized spacial score (nSPS) is 22.9. The lowest BCUT2D eigenvalue weighted by molar-refractivity contribution is -0.122. The zero-order chi connectivity index (χ0) is 19.9. The highest BCUT2D eigenvalue weighted by Crippen LogP contribution is 2.24. The lowest BCUT2D eigenvalue weighted by Crippen LogP contribution is -2.43. The standard InChI is InChI=1S/C20H32N6O2/c1-22-20(25(2)12-15-7-10-28-14-15)24-11-16-5-3-8-23-19(16)26-9-4-6-17(13-26)18(21)27/h3,5,8,15,17H,4,6-7,9-14H2,1-2H3,(H2,21,27)(H,22,24). The van der Waals surface area contributed by atoms with Crippen LogP contribution in [0.5, 0.6) is 0 Å². The zero-order valence-electron chi connectivity index (χ0n) is 16.9. The van der Waals surface area contributed by atoms with Crippen LogP contribution in [-0.2, 0) is 16.1 Å². The van der Waals surface area contributed by atoms with E-state index in [2.05, 4.69) is 38.2 Å². The molecule has 3 N–H and O–H groups in total. The number of guanidine groups is 1. The van der Waals surface area contributed by atoms with Crippen LogP contribution < -0.4 is 16.0 Å². The van der Waals surface area contributed by atoms with Crippen LogP contribution in [0.15, 0.2) is 23.3 Å². The van der Waals surface area contributed by atoms with Gasteiger partial charge in [0.05, 0.1) is 12.5 Å². The molecule has 154 valence electrons. The molecule has 8 heteroatoms. The Bertz CT molecular complexity index is 689. The predicted octanol–water partition coefficient (Wildman–Crippen LogP) is 0.827. The molecule has 3 rings (SSSR count). The zero-order valence-corrected chi connectivity index (χ0v) is 16.9. The third-order valence-electron chi connectivity index (χ3n) is 5.56. The van der Waals surface area contributed by atoms with Crippen molar-refractivity contribution in [1.82, 2.24) is 15.2 Å². The molecule has 0 radical (unpaired) electrons. The summed E-state index contributed by atoms with van der Waals surface area (Å²) in [7, 11) is 3.86. The maximum absolute atomic E-state index is 11.6. The Labute approximate surface area is 167 Å². The fourth-order valence-electron chi connectivity index (χ4n) is 4.01. The maximum atomic E-state index is 11.6. The number of aliphatic imine (C=N–C) groups is 1. The Morgan fingerprint density at radius 1 is 1.50 bits per heavy atom. The summed E-state index contributed by atoms with van der Waals surface area (Å²) in [5, 5.41) is 3.45. The lowest BCUT2D eigenvalue weighted by Gasteiger charge is -2.33. The molecule has 2 atom stereocenters. The predicted molar refractivity (Wildman–Crippen MR) is 110 cm³/mol. The maximum Gasteiger partial charge on any atom is 0.222 e. The highest BCUT2D eigenvalue weighted by atomic mass is 16.5. The van der Waals surface area contributed by atoms with E-state index < -0.39 is 0 Å². The number of anilines is 1. The summed E-state index contributed by atoms with van der Waals surface area (Å²) < 4.78 is 5.48. The van der Waals surface area contributed by atoms with E-state index in [1.165, 1.54) is 0 Å². The molecule has 28 heavy (non-hydrogen) atoms. The number of hydrogen-bond acceptors (Lipinski definition) is 5. The van der Waals surface area contributed by atoms with Gasteiger partial charge in [0.1, 0.15) is 5.82 Å². The number of pyridine rings is 1. The molecule has 1 aromatic heterocycles. The monoisotopic (exact) mass is 388 g/mol. The van der Waals surface area contributed by atoms with E-state index in [0.29, 0.717) is 19.0 Å². The van der Waals surface area contributed by atoms with Crippen LogP contribution >= 0.6 is 0 Å². The summed E-state index contributed by atoms with van der Waals surface area (Å²) in [6, 6.07) is 4.01. The van der Waals surface area contributed by atoms with Gasteiger partial charge < -0.3 is 25.6 Å². The molecular formula is C20H32N6O2. The van der Waals surface area contributed by atoms with Crippen molar-refractivity contribution in [1.29, 1.82) is 0 Å². The molecular weight excluding hydrogens is 356 g/mol. The number of rotatable bonds is 6. The summed E-state index contributed by atoms with van der Waals surface area (Å²) in [4.78, 5) is 25.0. The average molecular weight is 389 g/mol. The van der Waals surface area contributed by atoms with E-state index in [0.717, 1.165) is 62.9 Å². The first-order valence-electron chi connectivity index (χ1n) is 10.1. The second-order valence-corrected chi connectivity index (χ2v) is 7.68. The Morgan fingerprint density at radius 2 is 2.36 bits per heavy atom. The molecule has 2 aliphatic rings. The molecule has 3 heterocycles. The van der Waals surface area contributed by atoms with Gasteiger partial charge in [-0.15, -0.1) is 0 Å². The van der Waals surface area contributed by atoms with Gasteiger partial charge in [-0.05, 0) is 25.3 Å². The van der Waals surface area contributed by atoms with Gasteiger partial charge >= 0.3 is 0 Å². The summed E-state index contributed by atoms with van der Waals surface area (Å²) in [5.41, 5.74) is 6.62. The molecule has 0 aliphatic carbocycles. The van der Waals surface area contributed by atoms with Crippen LogP contribution in [-0.4, -0.2) is 68.7 Å². The number of ether oxygens (including phenoxy) is 1. The van der Waals surface area contributed by atoms with Gasteiger partial charge in [-0.2, -0.15) is 0 Å². The molecule has 2 aliphatic heterocycles. The summed E-state index contributed by atoms with van der Waals surface area (Å²) in [6.45, 7) is 4.75. The largest absolute Gasteiger partial charge is 0.381 e. The molecule has 8 nitrogen and oxygen atoms in total. The van der Waals surface area contributed by atoms with Crippen molar-refractivity contribution in [3.63, 3.8) is 0 Å². The highest BCUT2D eigenvalue weighted by Gasteiger charge is 2.26. The molecule has 0 saturated carbocycles.